The van der Waals surface area contributed by atoms with Gasteiger partial charge in [0.15, 0.2) is 0 Å². The van der Waals surface area contributed by atoms with Crippen molar-refractivity contribution in [1.29, 1.82) is 0 Å². The Morgan fingerprint density at radius 3 is 2.83 bits per heavy atom. The quantitative estimate of drug-likeness (QED) is 0.597. The molecule has 0 saturated carbocycles. The van der Waals surface area contributed by atoms with Crippen molar-refractivity contribution in [2.75, 3.05) is 12.3 Å². The van der Waals surface area contributed by atoms with Crippen LogP contribution >= 0.6 is 23.4 Å². The van der Waals surface area contributed by atoms with Gasteiger partial charge in [-0.2, -0.15) is 0 Å². The van der Waals surface area contributed by atoms with E-state index in [0.717, 1.165) is 10.6 Å². The van der Waals surface area contributed by atoms with Crippen LogP contribution in [0.5, 0.6) is 0 Å². The van der Waals surface area contributed by atoms with Crippen molar-refractivity contribution in [2.45, 2.75) is 17.7 Å². The fourth-order valence-corrected chi connectivity index (χ4v) is 2.41. The van der Waals surface area contributed by atoms with Crippen LogP contribution in [0.3, 0.4) is 0 Å². The molecule has 0 unspecified atom stereocenters. The Bertz CT molecular complexity index is 426. The molecule has 18 heavy (non-hydrogen) atoms. The summed E-state index contributed by atoms with van der Waals surface area (Å²) in [7, 11) is 0. The second kappa shape index (κ2) is 8.00. The van der Waals surface area contributed by atoms with Crippen molar-refractivity contribution in [3.63, 3.8) is 0 Å². The maximum absolute atomic E-state index is 11.2. The normalized spacial score (nSPS) is 10.1. The maximum Gasteiger partial charge on any atom is 0.322 e. The van der Waals surface area contributed by atoms with Gasteiger partial charge in [0.2, 0.25) is 5.91 Å². The van der Waals surface area contributed by atoms with Gasteiger partial charge in [0, 0.05) is 16.3 Å². The van der Waals surface area contributed by atoms with Crippen LogP contribution in [-0.2, 0) is 9.59 Å². The highest BCUT2D eigenvalue weighted by molar-refractivity contribution is 7.99. The number of rotatable bonds is 7. The number of hydrogen-bond acceptors (Lipinski definition) is 3. The molecule has 0 spiro atoms. The van der Waals surface area contributed by atoms with Crippen molar-refractivity contribution in [3.8, 4) is 0 Å². The summed E-state index contributed by atoms with van der Waals surface area (Å²) in [5.74, 6) is -0.471. The second-order valence-electron chi connectivity index (χ2n) is 3.58. The Labute approximate surface area is 115 Å². The number of benzene rings is 1. The van der Waals surface area contributed by atoms with E-state index >= 15 is 0 Å². The van der Waals surface area contributed by atoms with Crippen molar-refractivity contribution >= 4 is 35.2 Å². The predicted molar refractivity (Wildman–Crippen MR) is 72.1 cm³/mol. The fourth-order valence-electron chi connectivity index (χ4n) is 1.24. The summed E-state index contributed by atoms with van der Waals surface area (Å²) in [6.07, 6.45) is 1.03. The molecule has 0 bridgehead atoms. The number of thioether (sulfide) groups is 1. The van der Waals surface area contributed by atoms with Gasteiger partial charge in [-0.25, -0.2) is 0 Å². The number of hydrogen-bond donors (Lipinski definition) is 2. The number of carbonyl (C=O) groups is 2. The molecule has 0 aliphatic rings. The standard InChI is InChI=1S/C12H14ClNO3S/c13-9-3-1-4-10(7-9)18-6-2-5-11(15)14-8-12(16)17/h1,3-4,7H,2,5-6,8H2,(H,14,15)(H,16,17). The lowest BCUT2D eigenvalue weighted by Crippen LogP contribution is -2.28. The molecule has 1 amide bonds. The average Bonchev–Trinajstić information content (AvgIpc) is 2.32. The Morgan fingerprint density at radius 1 is 1.39 bits per heavy atom. The van der Waals surface area contributed by atoms with Crippen LogP contribution in [0.1, 0.15) is 12.8 Å². The summed E-state index contributed by atoms with van der Waals surface area (Å²) in [5, 5.41) is 11.4. The van der Waals surface area contributed by atoms with Crippen LogP contribution in [0, 0.1) is 0 Å². The average molecular weight is 288 g/mol. The van der Waals surface area contributed by atoms with Gasteiger partial charge < -0.3 is 10.4 Å². The summed E-state index contributed by atoms with van der Waals surface area (Å²) in [4.78, 5) is 22.5. The Kier molecular flexibility index (Phi) is 6.60. The molecule has 4 nitrogen and oxygen atoms in total. The second-order valence-corrected chi connectivity index (χ2v) is 5.18. The van der Waals surface area contributed by atoms with E-state index in [1.165, 1.54) is 0 Å². The SMILES string of the molecule is O=C(O)CNC(=O)CCCSc1cccc(Cl)c1. The van der Waals surface area contributed by atoms with Gasteiger partial charge in [0.1, 0.15) is 6.54 Å². The highest BCUT2D eigenvalue weighted by Crippen LogP contribution is 2.22. The minimum atomic E-state index is -1.03. The fraction of sp³-hybridized carbons (Fsp3) is 0.333. The van der Waals surface area contributed by atoms with Crippen LogP contribution in [-0.4, -0.2) is 29.3 Å². The molecular weight excluding hydrogens is 274 g/mol. The van der Waals surface area contributed by atoms with E-state index in [-0.39, 0.29) is 12.5 Å². The Morgan fingerprint density at radius 2 is 2.17 bits per heavy atom. The molecule has 2 N–H and O–H groups in total. The molecule has 0 heterocycles. The number of amides is 1. The largest absolute Gasteiger partial charge is 0.480 e. The van der Waals surface area contributed by atoms with E-state index in [1.807, 2.05) is 24.3 Å². The summed E-state index contributed by atoms with van der Waals surface area (Å²) in [5.41, 5.74) is 0. The lowest BCUT2D eigenvalue weighted by Gasteiger charge is -2.03. The van der Waals surface area contributed by atoms with Crippen LogP contribution in [0.25, 0.3) is 0 Å². The molecular formula is C12H14ClNO3S. The number of nitrogens with one attached hydrogen (secondary N) is 1. The number of carbonyl (C=O) groups excluding carboxylic acids is 1. The molecule has 0 radical (unpaired) electrons. The van der Waals surface area contributed by atoms with E-state index in [0.29, 0.717) is 17.9 Å². The third-order valence-electron chi connectivity index (χ3n) is 2.05. The zero-order valence-electron chi connectivity index (χ0n) is 9.69. The zero-order chi connectivity index (χ0) is 13.4. The summed E-state index contributed by atoms with van der Waals surface area (Å²) >= 11 is 7.47. The highest BCUT2D eigenvalue weighted by atomic mass is 35.5. The first kappa shape index (κ1) is 14.9. The number of halogens is 1. The van der Waals surface area contributed by atoms with Gasteiger partial charge in [-0.05, 0) is 30.4 Å². The third-order valence-corrected chi connectivity index (χ3v) is 3.36. The summed E-state index contributed by atoms with van der Waals surface area (Å²) < 4.78 is 0. The van der Waals surface area contributed by atoms with E-state index in [1.54, 1.807) is 11.8 Å². The van der Waals surface area contributed by atoms with Gasteiger partial charge in [-0.1, -0.05) is 17.7 Å². The van der Waals surface area contributed by atoms with Crippen LogP contribution in [0.4, 0.5) is 0 Å². The van der Waals surface area contributed by atoms with Gasteiger partial charge in [0.25, 0.3) is 0 Å². The smallest absolute Gasteiger partial charge is 0.322 e. The molecule has 0 aromatic heterocycles. The third kappa shape index (κ3) is 6.51. The van der Waals surface area contributed by atoms with Gasteiger partial charge in [0.05, 0.1) is 0 Å². The first-order valence-corrected chi connectivity index (χ1v) is 6.81. The van der Waals surface area contributed by atoms with Crippen LogP contribution in [0.2, 0.25) is 5.02 Å². The maximum atomic E-state index is 11.2. The molecule has 0 atom stereocenters. The summed E-state index contributed by atoms with van der Waals surface area (Å²) in [6, 6.07) is 7.52. The molecule has 1 aromatic carbocycles. The first-order valence-electron chi connectivity index (χ1n) is 5.45. The molecule has 1 rings (SSSR count). The molecule has 0 fully saturated rings. The Hall–Kier alpha value is -1.20. The zero-order valence-corrected chi connectivity index (χ0v) is 11.3. The van der Waals surface area contributed by atoms with Crippen molar-refractivity contribution in [3.05, 3.63) is 29.3 Å². The topological polar surface area (TPSA) is 66.4 Å². The molecule has 0 aliphatic carbocycles. The minimum Gasteiger partial charge on any atom is -0.480 e. The predicted octanol–water partition coefficient (Wildman–Crippen LogP) is 2.41. The molecule has 0 aliphatic heterocycles. The lowest BCUT2D eigenvalue weighted by molar-refractivity contribution is -0.137. The van der Waals surface area contributed by atoms with E-state index in [4.69, 9.17) is 16.7 Å². The molecule has 98 valence electrons. The van der Waals surface area contributed by atoms with Gasteiger partial charge in [-0.15, -0.1) is 11.8 Å². The van der Waals surface area contributed by atoms with Crippen LogP contribution in [0.15, 0.2) is 29.2 Å². The minimum absolute atomic E-state index is 0.232. The summed E-state index contributed by atoms with van der Waals surface area (Å²) in [6.45, 7) is -0.319. The number of carboxylic acid groups (broad SMARTS) is 1. The first-order chi connectivity index (χ1) is 8.58. The molecule has 6 heteroatoms. The van der Waals surface area contributed by atoms with Crippen molar-refractivity contribution in [1.82, 2.24) is 5.32 Å². The highest BCUT2D eigenvalue weighted by Gasteiger charge is 2.03. The molecule has 1 aromatic rings. The molecule has 0 saturated heterocycles. The van der Waals surface area contributed by atoms with E-state index in [2.05, 4.69) is 5.32 Å². The van der Waals surface area contributed by atoms with Gasteiger partial charge in [-0.3, -0.25) is 9.59 Å². The van der Waals surface area contributed by atoms with Crippen molar-refractivity contribution < 1.29 is 14.7 Å². The Balaban J connectivity index is 2.15. The number of aliphatic carboxylic acids is 1. The monoisotopic (exact) mass is 287 g/mol. The number of carboxylic acids is 1. The van der Waals surface area contributed by atoms with Gasteiger partial charge >= 0.3 is 5.97 Å². The van der Waals surface area contributed by atoms with E-state index in [9.17, 15) is 9.59 Å². The lowest BCUT2D eigenvalue weighted by atomic mass is 10.3. The van der Waals surface area contributed by atoms with Crippen molar-refractivity contribution in [2.24, 2.45) is 0 Å². The van der Waals surface area contributed by atoms with E-state index < -0.39 is 5.97 Å². The van der Waals surface area contributed by atoms with Crippen LogP contribution < -0.4 is 5.32 Å².